The average Bonchev–Trinajstić information content (AvgIpc) is 3.40. The van der Waals surface area contributed by atoms with Gasteiger partial charge in [0.15, 0.2) is 5.58 Å². The predicted molar refractivity (Wildman–Crippen MR) is 144 cm³/mol. The van der Waals surface area contributed by atoms with Gasteiger partial charge in [0, 0.05) is 22.5 Å². The van der Waals surface area contributed by atoms with Crippen LogP contribution in [0.2, 0.25) is 0 Å². The maximum atomic E-state index is 6.21. The van der Waals surface area contributed by atoms with Gasteiger partial charge in [-0.3, -0.25) is 9.55 Å². The van der Waals surface area contributed by atoms with Crippen LogP contribution in [0.15, 0.2) is 77.5 Å². The van der Waals surface area contributed by atoms with Gasteiger partial charge in [0.2, 0.25) is 0 Å². The number of imidazole rings is 1. The molecule has 0 radical (unpaired) electrons. The Hall–Kier alpha value is -3.92. The molecular weight excluding hydrogens is 430 g/mol. The summed E-state index contributed by atoms with van der Waals surface area (Å²) in [6.45, 7) is 11.2. The van der Waals surface area contributed by atoms with Crippen molar-refractivity contribution in [1.29, 1.82) is 0 Å². The van der Waals surface area contributed by atoms with Crippen molar-refractivity contribution >= 4 is 33.0 Å². The number of pyridine rings is 1. The summed E-state index contributed by atoms with van der Waals surface area (Å²) in [6, 6.07) is 21.5. The Morgan fingerprint density at radius 3 is 2.29 bits per heavy atom. The smallest absolute Gasteiger partial charge is 0.153 e. The molecule has 4 heteroatoms. The molecule has 0 aliphatic carbocycles. The lowest BCUT2D eigenvalue weighted by Crippen LogP contribution is -2.08. The Kier molecular flexibility index (Phi) is 4.99. The molecule has 3 aromatic heterocycles. The van der Waals surface area contributed by atoms with E-state index in [-0.39, 0.29) is 0 Å². The lowest BCUT2D eigenvalue weighted by atomic mass is 9.92. The van der Waals surface area contributed by atoms with E-state index in [9.17, 15) is 0 Å². The number of para-hydroxylation sites is 3. The quantitative estimate of drug-likeness (QED) is 0.265. The van der Waals surface area contributed by atoms with Gasteiger partial charge in [-0.15, -0.1) is 0 Å². The number of rotatable bonds is 4. The molecule has 35 heavy (non-hydrogen) atoms. The Balaban J connectivity index is 1.72. The van der Waals surface area contributed by atoms with E-state index >= 15 is 0 Å². The maximum absolute atomic E-state index is 6.21. The fourth-order valence-corrected chi connectivity index (χ4v) is 5.23. The lowest BCUT2D eigenvalue weighted by molar-refractivity contribution is 0.667. The molecule has 3 aromatic carbocycles. The minimum atomic E-state index is 0.379. The second kappa shape index (κ2) is 8.09. The summed E-state index contributed by atoms with van der Waals surface area (Å²) in [4.78, 5) is 9.43. The number of hydrogen-bond acceptors (Lipinski definition) is 3. The molecule has 0 saturated heterocycles. The first-order valence-electron chi connectivity index (χ1n) is 12.3. The summed E-state index contributed by atoms with van der Waals surface area (Å²) in [7, 11) is 0. The first kappa shape index (κ1) is 21.6. The summed E-state index contributed by atoms with van der Waals surface area (Å²) in [5.41, 5.74) is 9.91. The molecule has 0 saturated carbocycles. The molecule has 0 atom stereocenters. The summed E-state index contributed by atoms with van der Waals surface area (Å²) in [6.07, 6.45) is 3.60. The lowest BCUT2D eigenvalue weighted by Gasteiger charge is -2.23. The number of nitrogens with zero attached hydrogens (tertiary/aromatic N) is 3. The van der Waals surface area contributed by atoms with Gasteiger partial charge in [-0.2, -0.15) is 0 Å². The fourth-order valence-electron chi connectivity index (χ4n) is 5.23. The topological polar surface area (TPSA) is 43.9 Å². The van der Waals surface area contributed by atoms with Crippen molar-refractivity contribution in [3.05, 3.63) is 89.7 Å². The molecule has 6 rings (SSSR count). The zero-order chi connectivity index (χ0) is 24.3. The normalized spacial score (nSPS) is 12.1. The van der Waals surface area contributed by atoms with Gasteiger partial charge in [-0.1, -0.05) is 58.0 Å². The van der Waals surface area contributed by atoms with Crippen LogP contribution in [-0.4, -0.2) is 14.5 Å². The van der Waals surface area contributed by atoms with Crippen LogP contribution in [0, 0.1) is 6.92 Å². The number of aromatic nitrogens is 3. The molecule has 3 heterocycles. The van der Waals surface area contributed by atoms with Gasteiger partial charge in [0.1, 0.15) is 11.4 Å². The Labute approximate surface area is 205 Å². The molecule has 0 N–H and O–H groups in total. The van der Waals surface area contributed by atoms with E-state index in [0.717, 1.165) is 44.4 Å². The van der Waals surface area contributed by atoms with E-state index in [0.29, 0.717) is 11.8 Å². The van der Waals surface area contributed by atoms with E-state index < -0.39 is 0 Å². The SMILES string of the molecule is Cc1cc2c(cc1-c1nc3ccccc3n1-c1c(C(C)C)cccc1C(C)C)oc1cnccc12. The number of benzene rings is 3. The molecule has 0 unspecified atom stereocenters. The van der Waals surface area contributed by atoms with Crippen LogP contribution in [0.1, 0.15) is 56.2 Å². The summed E-state index contributed by atoms with van der Waals surface area (Å²) in [5.74, 6) is 1.70. The third-order valence-corrected chi connectivity index (χ3v) is 6.99. The average molecular weight is 460 g/mol. The highest BCUT2D eigenvalue weighted by Crippen LogP contribution is 2.39. The van der Waals surface area contributed by atoms with Crippen molar-refractivity contribution in [1.82, 2.24) is 14.5 Å². The first-order valence-corrected chi connectivity index (χ1v) is 12.3. The van der Waals surface area contributed by atoms with Gasteiger partial charge in [0.05, 0.1) is 22.9 Å². The predicted octanol–water partition coefficient (Wildman–Crippen LogP) is 8.54. The molecule has 0 aliphatic heterocycles. The molecule has 0 bridgehead atoms. The van der Waals surface area contributed by atoms with E-state index in [2.05, 4.69) is 98.8 Å². The molecule has 4 nitrogen and oxygen atoms in total. The van der Waals surface area contributed by atoms with Crippen molar-refractivity contribution in [2.75, 3.05) is 0 Å². The highest BCUT2D eigenvalue weighted by Gasteiger charge is 2.23. The number of hydrogen-bond donors (Lipinski definition) is 0. The Morgan fingerprint density at radius 2 is 1.54 bits per heavy atom. The van der Waals surface area contributed by atoms with Crippen molar-refractivity contribution in [3.8, 4) is 17.1 Å². The van der Waals surface area contributed by atoms with E-state index in [4.69, 9.17) is 9.40 Å². The first-order chi connectivity index (χ1) is 16.9. The van der Waals surface area contributed by atoms with E-state index in [1.807, 2.05) is 12.3 Å². The zero-order valence-corrected chi connectivity index (χ0v) is 20.8. The largest absolute Gasteiger partial charge is 0.454 e. The van der Waals surface area contributed by atoms with E-state index in [1.165, 1.54) is 22.4 Å². The third kappa shape index (κ3) is 3.35. The van der Waals surface area contributed by atoms with Crippen LogP contribution in [0.5, 0.6) is 0 Å². The number of fused-ring (bicyclic) bond motifs is 4. The zero-order valence-electron chi connectivity index (χ0n) is 20.8. The highest BCUT2D eigenvalue weighted by molar-refractivity contribution is 6.06. The van der Waals surface area contributed by atoms with Crippen LogP contribution in [0.25, 0.3) is 50.0 Å². The van der Waals surface area contributed by atoms with Crippen molar-refractivity contribution < 1.29 is 4.42 Å². The Bertz CT molecular complexity index is 1690. The molecule has 0 aliphatic rings. The van der Waals surface area contributed by atoms with Crippen LogP contribution in [-0.2, 0) is 0 Å². The van der Waals surface area contributed by atoms with Crippen molar-refractivity contribution in [3.63, 3.8) is 0 Å². The Morgan fingerprint density at radius 1 is 0.800 bits per heavy atom. The third-order valence-electron chi connectivity index (χ3n) is 6.99. The van der Waals surface area contributed by atoms with E-state index in [1.54, 1.807) is 6.20 Å². The van der Waals surface area contributed by atoms with Crippen LogP contribution >= 0.6 is 0 Å². The molecule has 0 spiro atoms. The summed E-state index contributed by atoms with van der Waals surface area (Å²) in [5, 5.41) is 2.20. The second-order valence-electron chi connectivity index (χ2n) is 9.99. The van der Waals surface area contributed by atoms with Crippen LogP contribution < -0.4 is 0 Å². The second-order valence-corrected chi connectivity index (χ2v) is 9.99. The summed E-state index contributed by atoms with van der Waals surface area (Å²) < 4.78 is 8.59. The minimum Gasteiger partial charge on any atom is -0.454 e. The van der Waals surface area contributed by atoms with Crippen LogP contribution in [0.4, 0.5) is 0 Å². The molecular formula is C31H29N3O. The van der Waals surface area contributed by atoms with Gasteiger partial charge in [0.25, 0.3) is 0 Å². The molecule has 0 fully saturated rings. The minimum absolute atomic E-state index is 0.379. The highest BCUT2D eigenvalue weighted by atomic mass is 16.3. The van der Waals surface area contributed by atoms with Gasteiger partial charge in [-0.05, 0) is 65.8 Å². The molecule has 174 valence electrons. The monoisotopic (exact) mass is 459 g/mol. The van der Waals surface area contributed by atoms with Crippen molar-refractivity contribution in [2.24, 2.45) is 0 Å². The molecule has 6 aromatic rings. The number of furan rings is 1. The van der Waals surface area contributed by atoms with Gasteiger partial charge < -0.3 is 4.42 Å². The standard InChI is InChI=1S/C31H29N3O/c1-18(2)21-9-8-10-22(19(3)4)30(21)34-27-12-7-6-11-26(27)33-31(34)24-16-28-25(15-20(24)5)23-13-14-32-17-29(23)35-28/h6-19H,1-5H3. The van der Waals surface area contributed by atoms with Crippen LogP contribution in [0.3, 0.4) is 0 Å². The molecule has 0 amide bonds. The number of aryl methyl sites for hydroxylation is 1. The maximum Gasteiger partial charge on any atom is 0.153 e. The summed E-state index contributed by atoms with van der Waals surface area (Å²) >= 11 is 0. The fraction of sp³-hybridized carbons (Fsp3) is 0.226. The van der Waals surface area contributed by atoms with Gasteiger partial charge in [-0.25, -0.2) is 4.98 Å². The van der Waals surface area contributed by atoms with Gasteiger partial charge >= 0.3 is 0 Å². The van der Waals surface area contributed by atoms with Crippen molar-refractivity contribution in [2.45, 2.75) is 46.5 Å².